The van der Waals surface area contributed by atoms with Crippen LogP contribution >= 0.6 is 11.3 Å². The van der Waals surface area contributed by atoms with Crippen molar-refractivity contribution in [3.05, 3.63) is 112 Å². The number of benzene rings is 4. The summed E-state index contributed by atoms with van der Waals surface area (Å²) in [6.07, 6.45) is -10.9. The molecule has 8 nitrogen and oxygen atoms in total. The number of nitrogens with one attached hydrogen (secondary N) is 2. The largest absolute Gasteiger partial charge is 0.496 e. The Hall–Kier alpha value is -5.71. The second kappa shape index (κ2) is 13.7. The highest BCUT2D eigenvalue weighted by molar-refractivity contribution is 7.21. The van der Waals surface area contributed by atoms with Gasteiger partial charge in [-0.15, -0.1) is 11.3 Å². The molecule has 0 spiro atoms. The summed E-state index contributed by atoms with van der Waals surface area (Å²) < 4.78 is 119. The van der Waals surface area contributed by atoms with Crippen LogP contribution in [-0.2, 0) is 23.7 Å². The van der Waals surface area contributed by atoms with E-state index in [4.69, 9.17) is 15.2 Å². The average molecular weight is 724 g/mol. The number of thiophene rings is 1. The van der Waals surface area contributed by atoms with Crippen LogP contribution in [0.4, 0.5) is 51.3 Å². The SMILES string of the molecule is COc1ccc(-c2cc(COC(N)=O)ccc2F)cc1C(=O)Nc1c(C(=O)Nc2ccc(F)c(C(F)(F)F)c2)sc2cc(C(F)(F)F)ccc12. The van der Waals surface area contributed by atoms with Gasteiger partial charge in [0.1, 0.15) is 28.9 Å². The second-order valence-electron chi connectivity index (χ2n) is 10.5. The number of rotatable bonds is 8. The maximum Gasteiger partial charge on any atom is 0.419 e. The number of hydrogen-bond acceptors (Lipinski definition) is 6. The molecule has 0 unspecified atom stereocenters. The van der Waals surface area contributed by atoms with Crippen LogP contribution in [0.5, 0.6) is 5.75 Å². The fraction of sp³-hybridized carbons (Fsp3) is 0.121. The van der Waals surface area contributed by atoms with E-state index in [1.807, 2.05) is 0 Å². The molecule has 3 amide bonds. The number of primary amides is 1. The van der Waals surface area contributed by atoms with Crippen molar-refractivity contribution in [3.8, 4) is 16.9 Å². The fourth-order valence-electron chi connectivity index (χ4n) is 4.84. The van der Waals surface area contributed by atoms with E-state index < -0.39 is 63.6 Å². The molecule has 0 saturated carbocycles. The molecule has 50 heavy (non-hydrogen) atoms. The number of nitrogens with two attached hydrogens (primary N) is 1. The van der Waals surface area contributed by atoms with Gasteiger partial charge in [-0.05, 0) is 65.7 Å². The lowest BCUT2D eigenvalue weighted by atomic mass is 9.99. The van der Waals surface area contributed by atoms with Crippen LogP contribution in [0.1, 0.15) is 36.7 Å². The van der Waals surface area contributed by atoms with E-state index in [1.165, 1.54) is 37.4 Å². The predicted octanol–water partition coefficient (Wildman–Crippen LogP) is 8.99. The first-order chi connectivity index (χ1) is 23.5. The molecule has 5 rings (SSSR count). The van der Waals surface area contributed by atoms with Crippen molar-refractivity contribution in [1.82, 2.24) is 0 Å². The fourth-order valence-corrected chi connectivity index (χ4v) is 5.93. The van der Waals surface area contributed by atoms with Crippen LogP contribution in [0.15, 0.2) is 72.8 Å². The van der Waals surface area contributed by atoms with Crippen molar-refractivity contribution in [2.45, 2.75) is 19.0 Å². The molecule has 17 heteroatoms. The lowest BCUT2D eigenvalue weighted by molar-refractivity contribution is -0.140. The summed E-state index contributed by atoms with van der Waals surface area (Å²) in [6, 6.07) is 11.9. The lowest BCUT2D eigenvalue weighted by Gasteiger charge is -2.14. The zero-order valence-electron chi connectivity index (χ0n) is 25.2. The molecule has 0 saturated heterocycles. The molecule has 1 aromatic heterocycles. The van der Waals surface area contributed by atoms with Crippen LogP contribution in [0, 0.1) is 11.6 Å². The minimum atomic E-state index is -5.11. The highest BCUT2D eigenvalue weighted by Gasteiger charge is 2.35. The van der Waals surface area contributed by atoms with Gasteiger partial charge in [0.25, 0.3) is 11.8 Å². The number of anilines is 2. The molecule has 260 valence electrons. The van der Waals surface area contributed by atoms with Crippen LogP contribution in [0.3, 0.4) is 0 Å². The summed E-state index contributed by atoms with van der Waals surface area (Å²) in [5, 5.41) is 4.61. The van der Waals surface area contributed by atoms with Gasteiger partial charge in [0, 0.05) is 21.3 Å². The van der Waals surface area contributed by atoms with E-state index >= 15 is 0 Å². The van der Waals surface area contributed by atoms with E-state index in [1.54, 1.807) is 0 Å². The zero-order valence-corrected chi connectivity index (χ0v) is 26.0. The predicted molar refractivity (Wildman–Crippen MR) is 167 cm³/mol. The van der Waals surface area contributed by atoms with Crippen molar-refractivity contribution >= 4 is 50.7 Å². The molecule has 0 aliphatic carbocycles. The molecule has 4 aromatic carbocycles. The van der Waals surface area contributed by atoms with Crippen molar-refractivity contribution in [3.63, 3.8) is 0 Å². The molecule has 0 atom stereocenters. The molecular formula is C33H21F8N3O5S. The van der Waals surface area contributed by atoms with E-state index in [9.17, 15) is 49.5 Å². The summed E-state index contributed by atoms with van der Waals surface area (Å²) in [6.45, 7) is -0.284. The Balaban J connectivity index is 1.56. The quantitative estimate of drug-likeness (QED) is 0.138. The van der Waals surface area contributed by atoms with Gasteiger partial charge in [-0.3, -0.25) is 9.59 Å². The van der Waals surface area contributed by atoms with Crippen molar-refractivity contribution in [2.24, 2.45) is 5.73 Å². The van der Waals surface area contributed by atoms with Crippen LogP contribution < -0.4 is 21.1 Å². The Kier molecular flexibility index (Phi) is 9.72. The van der Waals surface area contributed by atoms with Gasteiger partial charge in [-0.2, -0.15) is 26.3 Å². The summed E-state index contributed by atoms with van der Waals surface area (Å²) in [5.41, 5.74) is 1.71. The molecule has 4 N–H and O–H groups in total. The Morgan fingerprint density at radius 3 is 2.18 bits per heavy atom. The van der Waals surface area contributed by atoms with E-state index in [-0.39, 0.29) is 44.8 Å². The van der Waals surface area contributed by atoms with Gasteiger partial charge in [-0.1, -0.05) is 18.2 Å². The number of halogens is 8. The molecule has 1 heterocycles. The van der Waals surface area contributed by atoms with Gasteiger partial charge < -0.3 is 25.8 Å². The van der Waals surface area contributed by atoms with Crippen molar-refractivity contribution in [2.75, 3.05) is 17.7 Å². The number of ether oxygens (including phenoxy) is 2. The third-order valence-electron chi connectivity index (χ3n) is 7.16. The smallest absolute Gasteiger partial charge is 0.419 e. The molecule has 0 fully saturated rings. The van der Waals surface area contributed by atoms with Crippen LogP contribution in [0.25, 0.3) is 21.2 Å². The number of methoxy groups -OCH3 is 1. The average Bonchev–Trinajstić information content (AvgIpc) is 3.41. The van der Waals surface area contributed by atoms with Crippen molar-refractivity contribution in [1.29, 1.82) is 0 Å². The van der Waals surface area contributed by atoms with Crippen molar-refractivity contribution < 1.29 is 59.0 Å². The molecular weight excluding hydrogens is 702 g/mol. The molecule has 0 aliphatic heterocycles. The number of carbonyl (C=O) groups is 3. The van der Waals surface area contributed by atoms with E-state index in [0.29, 0.717) is 35.1 Å². The molecule has 5 aromatic rings. The first kappa shape index (κ1) is 35.6. The number of alkyl halides is 6. The normalized spacial score (nSPS) is 11.7. The van der Waals surface area contributed by atoms with Gasteiger partial charge in [0.2, 0.25) is 0 Å². The standard InChI is InChI=1S/C33H21F8N3O5S/c1-48-25-9-3-16(20-10-15(2-7-23(20)34)14-49-31(42)47)11-21(25)29(45)44-27-19-6-4-17(32(36,37)38)12-26(19)50-28(27)30(46)43-18-5-8-24(35)22(13-18)33(39,40)41/h2-13H,14H2,1H3,(H2,42,47)(H,43,46)(H,44,45). The molecule has 0 aliphatic rings. The summed E-state index contributed by atoms with van der Waals surface area (Å²) in [4.78, 5) is 37.8. The third-order valence-corrected chi connectivity index (χ3v) is 8.31. The van der Waals surface area contributed by atoms with Gasteiger partial charge >= 0.3 is 18.4 Å². The molecule has 0 radical (unpaired) electrons. The van der Waals surface area contributed by atoms with E-state index in [2.05, 4.69) is 10.6 Å². The number of fused-ring (bicyclic) bond motifs is 1. The Morgan fingerprint density at radius 1 is 0.800 bits per heavy atom. The Labute approximate surface area is 280 Å². The number of carbonyl (C=O) groups excluding carboxylic acids is 3. The summed E-state index contributed by atoms with van der Waals surface area (Å²) >= 11 is 0.503. The first-order valence-electron chi connectivity index (χ1n) is 14.0. The highest BCUT2D eigenvalue weighted by Crippen LogP contribution is 2.41. The topological polar surface area (TPSA) is 120 Å². The van der Waals surface area contributed by atoms with Gasteiger partial charge in [0.15, 0.2) is 0 Å². The summed E-state index contributed by atoms with van der Waals surface area (Å²) in [7, 11) is 1.23. The third kappa shape index (κ3) is 7.62. The van der Waals surface area contributed by atoms with Crippen LogP contribution in [0.2, 0.25) is 0 Å². The maximum atomic E-state index is 14.9. The minimum absolute atomic E-state index is 0.0227. The minimum Gasteiger partial charge on any atom is -0.496 e. The Bertz CT molecular complexity index is 2150. The second-order valence-corrected chi connectivity index (χ2v) is 11.5. The first-order valence-corrected chi connectivity index (χ1v) is 14.8. The number of amides is 3. The highest BCUT2D eigenvalue weighted by atomic mass is 32.1. The monoisotopic (exact) mass is 723 g/mol. The van der Waals surface area contributed by atoms with Gasteiger partial charge in [0.05, 0.1) is 29.5 Å². The van der Waals surface area contributed by atoms with Gasteiger partial charge in [-0.25, -0.2) is 13.6 Å². The van der Waals surface area contributed by atoms with E-state index in [0.717, 1.165) is 24.3 Å². The number of hydrogen-bond donors (Lipinski definition) is 3. The zero-order chi connectivity index (χ0) is 36.5. The lowest BCUT2D eigenvalue weighted by Crippen LogP contribution is -2.18. The van der Waals surface area contributed by atoms with Crippen LogP contribution in [-0.4, -0.2) is 25.0 Å². The summed E-state index contributed by atoms with van der Waals surface area (Å²) in [5.74, 6) is -4.45. The molecule has 0 bridgehead atoms. The maximum absolute atomic E-state index is 14.9. The Morgan fingerprint density at radius 2 is 1.52 bits per heavy atom.